The minimum absolute atomic E-state index is 0. The molecule has 0 atom stereocenters. The van der Waals surface area contributed by atoms with Crippen LogP contribution in [0.2, 0.25) is 4.55 Å². The van der Waals surface area contributed by atoms with Crippen LogP contribution in [0.5, 0.6) is 0 Å². The molecule has 0 aromatic rings. The number of hydrogen-bond acceptors (Lipinski definition) is 0. The van der Waals surface area contributed by atoms with Gasteiger partial charge in [0.25, 0.3) is 0 Å². The zero-order chi connectivity index (χ0) is 4.12. The molecule has 0 fully saturated rings. The van der Waals surface area contributed by atoms with E-state index in [4.69, 9.17) is 0 Å². The van der Waals surface area contributed by atoms with Crippen molar-refractivity contribution in [2.24, 2.45) is 0 Å². The first kappa shape index (κ1) is 22.4. The van der Waals surface area contributed by atoms with E-state index in [1.807, 2.05) is 21.7 Å². The molecule has 0 aliphatic rings. The first-order chi connectivity index (χ1) is 2.41. The van der Waals surface area contributed by atoms with Crippen LogP contribution < -0.4 is 52.8 Å². The molecule has 0 heterocycles. The predicted molar refractivity (Wildman–Crippen MR) is 25.5 cm³/mol. The van der Waals surface area contributed by atoms with Crippen LogP contribution in [0, 0.1) is 0 Å². The molecule has 0 aliphatic carbocycles. The van der Waals surface area contributed by atoms with Crippen molar-refractivity contribution in [3.8, 4) is 0 Å². The monoisotopic (exact) mass is 246 g/mol. The summed E-state index contributed by atoms with van der Waals surface area (Å²) in [4.78, 5) is 0. The summed E-state index contributed by atoms with van der Waals surface area (Å²) in [7, 11) is 0. The molecule has 0 N–H and O–H groups in total. The number of rotatable bonds is 2. The van der Waals surface area contributed by atoms with Crippen LogP contribution in [-0.4, -0.2) is 21.7 Å². The summed E-state index contributed by atoms with van der Waals surface area (Å²) in [6.07, 6.45) is 2.75. The van der Waals surface area contributed by atoms with E-state index in [1.165, 1.54) is 17.4 Å². The zero-order valence-corrected chi connectivity index (χ0v) is 10.2. The Hall–Kier alpha value is 2.32. The molecule has 4 heteroatoms. The van der Waals surface area contributed by atoms with Gasteiger partial charge in [0.15, 0.2) is 0 Å². The fourth-order valence-electron chi connectivity index (χ4n) is 0.250. The van der Waals surface area contributed by atoms with Crippen LogP contribution >= 0.6 is 0 Å². The van der Waals surface area contributed by atoms with E-state index >= 15 is 0 Å². The molecule has 42 valence electrons. The third-order valence-corrected chi connectivity index (χ3v) is 1.10. The molecule has 8 heavy (non-hydrogen) atoms. The first-order valence-corrected chi connectivity index (χ1v) is 3.21. The number of halogens is 2. The Bertz CT molecular complexity index is 21.5. The molecule has 0 amide bonds. The van der Waals surface area contributed by atoms with Gasteiger partial charge in [0.2, 0.25) is 0 Å². The molecule has 0 saturated carbocycles. The Morgan fingerprint density at radius 1 is 1.25 bits per heavy atom. The summed E-state index contributed by atoms with van der Waals surface area (Å²) in [5, 5.41) is 0. The average molecular weight is 248 g/mol. The summed E-state index contributed by atoms with van der Waals surface area (Å²) < 4.78 is 1.37. The van der Waals surface area contributed by atoms with E-state index in [0.717, 1.165) is 0 Å². The number of hydrogen-bond donors (Lipinski definition) is 0. The Kier molecular flexibility index (Phi) is 63.9. The van der Waals surface area contributed by atoms with Gasteiger partial charge in [-0.2, -0.15) is 0 Å². The van der Waals surface area contributed by atoms with Crippen molar-refractivity contribution in [2.45, 2.75) is 24.3 Å². The van der Waals surface area contributed by atoms with Crippen molar-refractivity contribution in [3.63, 3.8) is 0 Å². The Morgan fingerprint density at radius 3 is 1.62 bits per heavy atom. The molecular formula is C4H9Br2LiMg. The molecule has 0 radical (unpaired) electrons. The van der Waals surface area contributed by atoms with E-state index in [2.05, 4.69) is 6.92 Å². The summed E-state index contributed by atoms with van der Waals surface area (Å²) >= 11 is 2.05. The van der Waals surface area contributed by atoms with Gasteiger partial charge >= 0.3 is 64.9 Å². The summed E-state index contributed by atoms with van der Waals surface area (Å²) in [6, 6.07) is 0. The summed E-state index contributed by atoms with van der Waals surface area (Å²) in [5.74, 6) is 0. The normalized spacial score (nSPS) is 5.38. The molecule has 0 spiro atoms. The van der Waals surface area contributed by atoms with Crippen LogP contribution in [0.15, 0.2) is 0 Å². The molecule has 0 aromatic heterocycles. The largest absolute Gasteiger partial charge is 1.00 e. The van der Waals surface area contributed by atoms with E-state index in [-0.39, 0.29) is 52.8 Å². The van der Waals surface area contributed by atoms with Crippen molar-refractivity contribution in [1.82, 2.24) is 0 Å². The Labute approximate surface area is 97.7 Å². The molecular weight excluding hydrogens is 239 g/mol. The Morgan fingerprint density at radius 2 is 1.62 bits per heavy atom. The van der Waals surface area contributed by atoms with Gasteiger partial charge < -0.3 is 34.0 Å². The van der Waals surface area contributed by atoms with Crippen LogP contribution in [-0.2, 0) is 0 Å². The fourth-order valence-corrected chi connectivity index (χ4v) is 0.750. The van der Waals surface area contributed by atoms with Gasteiger partial charge in [0.05, 0.1) is 0 Å². The maximum Gasteiger partial charge on any atom is 1.00 e. The topological polar surface area (TPSA) is 0 Å². The second-order valence-corrected chi connectivity index (χ2v) is 1.91. The van der Waals surface area contributed by atoms with Gasteiger partial charge in [-0.3, -0.25) is 0 Å². The van der Waals surface area contributed by atoms with Crippen LogP contribution in [0.25, 0.3) is 0 Å². The van der Waals surface area contributed by atoms with Crippen LogP contribution in [0.3, 0.4) is 0 Å². The third kappa shape index (κ3) is 23.9. The van der Waals surface area contributed by atoms with Crippen molar-refractivity contribution in [3.05, 3.63) is 0 Å². The van der Waals surface area contributed by atoms with E-state index in [0.29, 0.717) is 0 Å². The van der Waals surface area contributed by atoms with Crippen molar-refractivity contribution >= 4 is 21.7 Å². The molecule has 0 bridgehead atoms. The van der Waals surface area contributed by atoms with Gasteiger partial charge in [-0.25, -0.2) is 0 Å². The quantitative estimate of drug-likeness (QED) is 0.426. The SMILES string of the molecule is CCC[CH2][Mg+].[Br-].[Br-].[Li+]. The minimum atomic E-state index is 0. The van der Waals surface area contributed by atoms with Crippen LogP contribution in [0.1, 0.15) is 19.8 Å². The predicted octanol–water partition coefficient (Wildman–Crippen LogP) is -7.61. The third-order valence-electron chi connectivity index (χ3n) is 0.604. The maximum atomic E-state index is 2.22. The molecule has 0 aliphatic heterocycles. The zero-order valence-electron chi connectivity index (χ0n) is 5.58. The van der Waals surface area contributed by atoms with Gasteiger partial charge in [0.1, 0.15) is 0 Å². The van der Waals surface area contributed by atoms with Crippen molar-refractivity contribution in [1.29, 1.82) is 0 Å². The summed E-state index contributed by atoms with van der Waals surface area (Å²) in [6.45, 7) is 2.22. The van der Waals surface area contributed by atoms with Crippen molar-refractivity contribution < 1.29 is 52.8 Å². The fraction of sp³-hybridized carbons (Fsp3) is 1.00. The van der Waals surface area contributed by atoms with Gasteiger partial charge in [-0.15, -0.1) is 0 Å². The van der Waals surface area contributed by atoms with E-state index in [1.54, 1.807) is 0 Å². The minimum Gasteiger partial charge on any atom is -1.00 e. The molecule has 0 saturated heterocycles. The second-order valence-electron chi connectivity index (χ2n) is 1.21. The molecule has 0 unspecified atom stereocenters. The average Bonchev–Trinajstić information content (AvgIpc) is 1.41. The first-order valence-electron chi connectivity index (χ1n) is 2.21. The van der Waals surface area contributed by atoms with E-state index < -0.39 is 0 Å². The van der Waals surface area contributed by atoms with Gasteiger partial charge in [-0.05, 0) is 0 Å². The standard InChI is InChI=1S/C4H9.2BrH.Li.Mg/c1-3-4-2;;;;/h1,3-4H2,2H3;2*1H;;/q;;;2*+1/p-2. The van der Waals surface area contributed by atoms with E-state index in [9.17, 15) is 0 Å². The van der Waals surface area contributed by atoms with Gasteiger partial charge in [0, 0.05) is 0 Å². The maximum absolute atomic E-state index is 2.22. The Balaban J connectivity index is -0.0000000267. The second kappa shape index (κ2) is 22.8. The van der Waals surface area contributed by atoms with Crippen LogP contribution in [0.4, 0.5) is 0 Å². The smallest absolute Gasteiger partial charge is 1.00 e. The van der Waals surface area contributed by atoms with Crippen molar-refractivity contribution in [2.75, 3.05) is 0 Å². The molecule has 0 aromatic carbocycles. The molecule has 0 rings (SSSR count). The van der Waals surface area contributed by atoms with Gasteiger partial charge in [-0.1, -0.05) is 0 Å². The molecule has 0 nitrogen and oxygen atoms in total. The summed E-state index contributed by atoms with van der Waals surface area (Å²) in [5.41, 5.74) is 0. The number of unbranched alkanes of at least 4 members (excludes halogenated alkanes) is 1.